The second-order valence-electron chi connectivity index (χ2n) is 4.35. The zero-order valence-electron chi connectivity index (χ0n) is 10.9. The number of ether oxygens (including phenoxy) is 1. The molecule has 2 unspecified atom stereocenters. The Morgan fingerprint density at radius 1 is 1.53 bits per heavy atom. The minimum atomic E-state index is -2.96. The highest BCUT2D eigenvalue weighted by atomic mass is 32.1. The number of nitrogens with one attached hydrogen (secondary N) is 1. The van der Waals surface area contributed by atoms with E-state index in [1.165, 1.54) is 6.07 Å². The Balaban J connectivity index is 2.81. The molecule has 0 aromatic carbocycles. The van der Waals surface area contributed by atoms with Crippen molar-refractivity contribution in [1.29, 1.82) is 0 Å². The first-order valence-corrected chi connectivity index (χ1v) is 6.63. The molecular formula is C12H17F2NO3S. The molecule has 0 radical (unpaired) electrons. The van der Waals surface area contributed by atoms with Gasteiger partial charge in [-0.15, -0.1) is 11.3 Å². The van der Waals surface area contributed by atoms with E-state index in [-0.39, 0.29) is 29.2 Å². The van der Waals surface area contributed by atoms with Gasteiger partial charge in [-0.2, -0.15) is 8.78 Å². The number of halogens is 2. The molecule has 0 spiro atoms. The molecule has 0 aliphatic rings. The van der Waals surface area contributed by atoms with E-state index in [0.29, 0.717) is 4.88 Å². The van der Waals surface area contributed by atoms with Gasteiger partial charge in [0, 0.05) is 17.5 Å². The van der Waals surface area contributed by atoms with Crippen LogP contribution in [0.3, 0.4) is 0 Å². The highest BCUT2D eigenvalue weighted by molar-refractivity contribution is 7.14. The summed E-state index contributed by atoms with van der Waals surface area (Å²) in [6, 6.07) is 1.14. The lowest BCUT2D eigenvalue weighted by atomic mass is 10.1. The summed E-state index contributed by atoms with van der Waals surface area (Å²) in [5.74, 6) is -0.704. The Hall–Kier alpha value is -1.21. The van der Waals surface area contributed by atoms with Crippen LogP contribution < -0.4 is 10.1 Å². The van der Waals surface area contributed by atoms with Crippen LogP contribution in [0.15, 0.2) is 6.07 Å². The van der Waals surface area contributed by atoms with Gasteiger partial charge in [-0.05, 0) is 25.8 Å². The summed E-state index contributed by atoms with van der Waals surface area (Å²) >= 11 is 1.09. The summed E-state index contributed by atoms with van der Waals surface area (Å²) in [7, 11) is 0. The standard InChI is InChI=1S/C12H17F2NO3S/c1-6(5-16)8(3)15-11(17)10-9(18-12(13)14)4-7(2)19-10/h4,6,8,12,16H,5H2,1-3H3,(H,15,17). The fraction of sp³-hybridized carbons (Fsp3) is 0.583. The lowest BCUT2D eigenvalue weighted by Crippen LogP contribution is -2.38. The highest BCUT2D eigenvalue weighted by Gasteiger charge is 2.22. The van der Waals surface area contributed by atoms with Gasteiger partial charge in [0.25, 0.3) is 5.91 Å². The van der Waals surface area contributed by atoms with Gasteiger partial charge >= 0.3 is 6.61 Å². The van der Waals surface area contributed by atoms with Crippen molar-refractivity contribution < 1.29 is 23.4 Å². The molecule has 4 nitrogen and oxygen atoms in total. The Morgan fingerprint density at radius 2 is 2.16 bits per heavy atom. The van der Waals surface area contributed by atoms with Crippen molar-refractivity contribution in [2.24, 2.45) is 5.92 Å². The summed E-state index contributed by atoms with van der Waals surface area (Å²) in [6.45, 7) is 2.20. The van der Waals surface area contributed by atoms with Crippen molar-refractivity contribution >= 4 is 17.2 Å². The molecule has 2 atom stereocenters. The minimum absolute atomic E-state index is 0.0642. The van der Waals surface area contributed by atoms with Gasteiger partial charge in [0.1, 0.15) is 10.6 Å². The van der Waals surface area contributed by atoms with Crippen molar-refractivity contribution in [2.75, 3.05) is 6.61 Å². The van der Waals surface area contributed by atoms with Crippen LogP contribution in [0.5, 0.6) is 5.75 Å². The number of carbonyl (C=O) groups is 1. The second-order valence-corrected chi connectivity index (χ2v) is 5.61. The lowest BCUT2D eigenvalue weighted by molar-refractivity contribution is -0.0498. The number of aliphatic hydroxyl groups excluding tert-OH is 1. The van der Waals surface area contributed by atoms with Gasteiger partial charge in [-0.3, -0.25) is 4.79 Å². The van der Waals surface area contributed by atoms with E-state index in [0.717, 1.165) is 11.3 Å². The quantitative estimate of drug-likeness (QED) is 0.847. The van der Waals surface area contributed by atoms with Crippen molar-refractivity contribution in [1.82, 2.24) is 5.32 Å². The topological polar surface area (TPSA) is 58.6 Å². The van der Waals surface area contributed by atoms with Crippen molar-refractivity contribution in [2.45, 2.75) is 33.4 Å². The fourth-order valence-electron chi connectivity index (χ4n) is 1.41. The van der Waals surface area contributed by atoms with Crippen molar-refractivity contribution in [3.8, 4) is 5.75 Å². The number of carbonyl (C=O) groups excluding carboxylic acids is 1. The summed E-state index contributed by atoms with van der Waals surface area (Å²) in [5, 5.41) is 11.7. The van der Waals surface area contributed by atoms with E-state index in [1.807, 2.05) is 0 Å². The van der Waals surface area contributed by atoms with Crippen LogP contribution in [0.25, 0.3) is 0 Å². The molecule has 19 heavy (non-hydrogen) atoms. The number of thiophene rings is 1. The summed E-state index contributed by atoms with van der Waals surface area (Å²) in [4.78, 5) is 12.8. The maximum Gasteiger partial charge on any atom is 0.387 e. The molecule has 0 bridgehead atoms. The van der Waals surface area contributed by atoms with Crippen LogP contribution in [0, 0.1) is 12.8 Å². The third-order valence-electron chi connectivity index (χ3n) is 2.74. The minimum Gasteiger partial charge on any atom is -0.433 e. The molecule has 0 aliphatic heterocycles. The number of aryl methyl sites for hydroxylation is 1. The summed E-state index contributed by atoms with van der Waals surface area (Å²) in [5.41, 5.74) is 0. The highest BCUT2D eigenvalue weighted by Crippen LogP contribution is 2.30. The average Bonchev–Trinajstić information content (AvgIpc) is 2.68. The Kier molecular flexibility index (Phi) is 5.68. The Labute approximate surface area is 114 Å². The molecular weight excluding hydrogens is 276 g/mol. The van der Waals surface area contributed by atoms with Crippen LogP contribution in [-0.2, 0) is 0 Å². The van der Waals surface area contributed by atoms with E-state index in [2.05, 4.69) is 10.1 Å². The average molecular weight is 293 g/mol. The Bertz CT molecular complexity index is 437. The largest absolute Gasteiger partial charge is 0.433 e. The molecule has 108 valence electrons. The lowest BCUT2D eigenvalue weighted by Gasteiger charge is -2.19. The van der Waals surface area contributed by atoms with Crippen molar-refractivity contribution in [3.63, 3.8) is 0 Å². The third-order valence-corrected chi connectivity index (χ3v) is 3.77. The fourth-order valence-corrected chi connectivity index (χ4v) is 2.25. The predicted molar refractivity (Wildman–Crippen MR) is 68.9 cm³/mol. The van der Waals surface area contributed by atoms with Gasteiger partial charge < -0.3 is 15.2 Å². The maximum atomic E-state index is 12.2. The molecule has 0 saturated carbocycles. The molecule has 1 amide bonds. The summed E-state index contributed by atoms with van der Waals surface area (Å²) in [6.07, 6.45) is 0. The van der Waals surface area contributed by atoms with Gasteiger partial charge in [-0.1, -0.05) is 6.92 Å². The molecule has 7 heteroatoms. The number of alkyl halides is 2. The molecule has 1 aromatic heterocycles. The van der Waals surface area contributed by atoms with Crippen LogP contribution in [0.4, 0.5) is 8.78 Å². The smallest absolute Gasteiger partial charge is 0.387 e. The molecule has 2 N–H and O–H groups in total. The maximum absolute atomic E-state index is 12.2. The number of amides is 1. The first-order valence-electron chi connectivity index (χ1n) is 5.82. The molecule has 0 saturated heterocycles. The van der Waals surface area contributed by atoms with E-state index in [1.54, 1.807) is 20.8 Å². The van der Waals surface area contributed by atoms with E-state index >= 15 is 0 Å². The van der Waals surface area contributed by atoms with Crippen LogP contribution in [0.2, 0.25) is 0 Å². The van der Waals surface area contributed by atoms with Gasteiger partial charge in [0.2, 0.25) is 0 Å². The molecule has 1 heterocycles. The van der Waals surface area contributed by atoms with Gasteiger partial charge in [0.15, 0.2) is 0 Å². The first-order chi connectivity index (χ1) is 8.85. The third kappa shape index (κ3) is 4.43. The van der Waals surface area contributed by atoms with E-state index in [9.17, 15) is 13.6 Å². The van der Waals surface area contributed by atoms with Crippen LogP contribution in [-0.4, -0.2) is 30.3 Å². The SMILES string of the molecule is Cc1cc(OC(F)F)c(C(=O)NC(C)C(C)CO)s1. The number of hydrogen-bond donors (Lipinski definition) is 2. The van der Waals surface area contributed by atoms with E-state index < -0.39 is 12.5 Å². The second kappa shape index (κ2) is 6.81. The Morgan fingerprint density at radius 3 is 2.68 bits per heavy atom. The normalized spacial score (nSPS) is 14.3. The van der Waals surface area contributed by atoms with Gasteiger partial charge in [0.05, 0.1) is 0 Å². The monoisotopic (exact) mass is 293 g/mol. The van der Waals surface area contributed by atoms with Crippen LogP contribution in [0.1, 0.15) is 28.4 Å². The molecule has 1 rings (SSSR count). The van der Waals surface area contributed by atoms with Crippen LogP contribution >= 0.6 is 11.3 Å². The number of rotatable bonds is 6. The molecule has 0 aliphatic carbocycles. The predicted octanol–water partition coefficient (Wildman–Crippen LogP) is 2.40. The number of aliphatic hydroxyl groups is 1. The number of hydrogen-bond acceptors (Lipinski definition) is 4. The zero-order valence-corrected chi connectivity index (χ0v) is 11.8. The molecule has 1 aromatic rings. The van der Waals surface area contributed by atoms with Crippen molar-refractivity contribution in [3.05, 3.63) is 15.8 Å². The summed E-state index contributed by atoms with van der Waals surface area (Å²) < 4.78 is 28.8. The molecule has 0 fully saturated rings. The zero-order chi connectivity index (χ0) is 14.6. The first kappa shape index (κ1) is 15.8. The van der Waals surface area contributed by atoms with E-state index in [4.69, 9.17) is 5.11 Å². The van der Waals surface area contributed by atoms with Gasteiger partial charge in [-0.25, -0.2) is 0 Å².